The smallest absolute Gasteiger partial charge is 0.315 e. The number of alkyl halides is 3. The molecule has 0 radical (unpaired) electrons. The van der Waals surface area contributed by atoms with Gasteiger partial charge in [-0.25, -0.2) is 8.42 Å². The first kappa shape index (κ1) is 15.4. The van der Waals surface area contributed by atoms with Crippen molar-refractivity contribution in [3.05, 3.63) is 17.0 Å². The molecule has 9 heteroatoms. The van der Waals surface area contributed by atoms with Crippen molar-refractivity contribution in [1.82, 2.24) is 9.62 Å². The molecule has 1 N–H and O–H groups in total. The Labute approximate surface area is 107 Å². The summed E-state index contributed by atoms with van der Waals surface area (Å²) in [5.41, 5.74) is 0. The number of thiophene rings is 1. The third-order valence-electron chi connectivity index (χ3n) is 2.05. The second kappa shape index (κ2) is 5.55. The minimum absolute atomic E-state index is 0.0838. The maximum atomic E-state index is 12.2. The summed E-state index contributed by atoms with van der Waals surface area (Å²) in [6, 6.07) is 2.90. The Morgan fingerprint density at radius 3 is 2.50 bits per heavy atom. The molecule has 0 saturated carbocycles. The lowest BCUT2D eigenvalue weighted by Gasteiger charge is -2.17. The molecule has 0 bridgehead atoms. The molecule has 4 nitrogen and oxygen atoms in total. The van der Waals surface area contributed by atoms with Crippen molar-refractivity contribution >= 4 is 21.4 Å². The Morgan fingerprint density at radius 2 is 2.00 bits per heavy atom. The first-order chi connectivity index (χ1) is 8.16. The Morgan fingerprint density at radius 1 is 1.39 bits per heavy atom. The zero-order valence-electron chi connectivity index (χ0n) is 9.78. The molecule has 0 amide bonds. The molecule has 0 unspecified atom stereocenters. The highest BCUT2D eigenvalue weighted by Gasteiger charge is 2.35. The Kier molecular flexibility index (Phi) is 4.76. The minimum Gasteiger partial charge on any atom is -0.315 e. The van der Waals surface area contributed by atoms with Crippen molar-refractivity contribution in [1.29, 1.82) is 0 Å². The summed E-state index contributed by atoms with van der Waals surface area (Å²) in [6.07, 6.45) is -4.55. The molecular weight excluding hydrogens is 289 g/mol. The highest BCUT2D eigenvalue weighted by molar-refractivity contribution is 7.91. The fourth-order valence-electron chi connectivity index (χ4n) is 1.26. The predicted molar refractivity (Wildman–Crippen MR) is 63.0 cm³/mol. The lowest BCUT2D eigenvalue weighted by Crippen LogP contribution is -2.35. The summed E-state index contributed by atoms with van der Waals surface area (Å²) in [5, 5.41) is 2.84. The zero-order valence-corrected chi connectivity index (χ0v) is 11.4. The van der Waals surface area contributed by atoms with Crippen LogP contribution in [0, 0.1) is 0 Å². The van der Waals surface area contributed by atoms with Crippen LogP contribution in [0.1, 0.15) is 4.88 Å². The van der Waals surface area contributed by atoms with Crippen molar-refractivity contribution < 1.29 is 21.6 Å². The number of nitrogens with one attached hydrogen (secondary N) is 1. The monoisotopic (exact) mass is 302 g/mol. The molecular formula is C9H13F3N2O2S2. The average Bonchev–Trinajstić information content (AvgIpc) is 2.64. The Hall–Kier alpha value is -0.640. The normalized spacial score (nSPS) is 13.2. The number of halogens is 3. The second-order valence-electron chi connectivity index (χ2n) is 3.63. The summed E-state index contributed by atoms with van der Waals surface area (Å²) < 4.78 is 60.4. The fourth-order valence-corrected chi connectivity index (χ4v) is 3.99. The van der Waals surface area contributed by atoms with Gasteiger partial charge in [-0.1, -0.05) is 0 Å². The molecule has 1 heterocycles. The molecule has 1 rings (SSSR count). The summed E-state index contributed by atoms with van der Waals surface area (Å²) in [6.45, 7) is -1.02. The SMILES string of the molecule is CNCc1ccc(S(=O)(=O)N(C)CC(F)(F)F)s1. The Balaban J connectivity index is 2.91. The third-order valence-corrected chi connectivity index (χ3v) is 5.41. The van der Waals surface area contributed by atoms with E-state index >= 15 is 0 Å². The molecule has 0 aliphatic rings. The molecule has 0 aliphatic heterocycles. The maximum absolute atomic E-state index is 12.2. The van der Waals surface area contributed by atoms with Crippen LogP contribution in [0.15, 0.2) is 16.3 Å². The van der Waals surface area contributed by atoms with Gasteiger partial charge in [-0.3, -0.25) is 0 Å². The molecule has 0 atom stereocenters. The van der Waals surface area contributed by atoms with Crippen molar-refractivity contribution in [2.45, 2.75) is 16.9 Å². The van der Waals surface area contributed by atoms with Gasteiger partial charge in [0.05, 0.1) is 0 Å². The van der Waals surface area contributed by atoms with Gasteiger partial charge in [0.15, 0.2) is 0 Å². The molecule has 0 saturated heterocycles. The minimum atomic E-state index is -4.55. The first-order valence-corrected chi connectivity index (χ1v) is 7.19. The van der Waals surface area contributed by atoms with E-state index in [-0.39, 0.29) is 4.21 Å². The van der Waals surface area contributed by atoms with Crippen LogP contribution in [0.25, 0.3) is 0 Å². The molecule has 104 valence electrons. The third kappa shape index (κ3) is 3.94. The van der Waals surface area contributed by atoms with Crippen LogP contribution in [0.4, 0.5) is 13.2 Å². The number of rotatable bonds is 5. The van der Waals surface area contributed by atoms with Gasteiger partial charge < -0.3 is 5.32 Å². The predicted octanol–water partition coefficient (Wildman–Crippen LogP) is 1.65. The van der Waals surface area contributed by atoms with Gasteiger partial charge in [0.2, 0.25) is 0 Å². The van der Waals surface area contributed by atoms with Gasteiger partial charge in [0.25, 0.3) is 10.0 Å². The average molecular weight is 302 g/mol. The number of nitrogens with zero attached hydrogens (tertiary/aromatic N) is 1. The van der Waals surface area contributed by atoms with E-state index in [0.717, 1.165) is 23.3 Å². The van der Waals surface area contributed by atoms with E-state index in [1.54, 1.807) is 13.1 Å². The van der Waals surface area contributed by atoms with Gasteiger partial charge >= 0.3 is 6.18 Å². The number of hydrogen-bond acceptors (Lipinski definition) is 4. The highest BCUT2D eigenvalue weighted by atomic mass is 32.2. The first-order valence-electron chi connectivity index (χ1n) is 4.93. The van der Waals surface area contributed by atoms with E-state index in [2.05, 4.69) is 5.32 Å². The van der Waals surface area contributed by atoms with Crippen LogP contribution < -0.4 is 5.32 Å². The van der Waals surface area contributed by atoms with E-state index in [4.69, 9.17) is 0 Å². The van der Waals surface area contributed by atoms with E-state index in [1.165, 1.54) is 6.07 Å². The van der Waals surface area contributed by atoms with Crippen LogP contribution in [-0.2, 0) is 16.6 Å². The van der Waals surface area contributed by atoms with E-state index < -0.39 is 22.7 Å². The standard InChI is InChI=1S/C9H13F3N2O2S2/c1-13-5-7-3-4-8(17-7)18(15,16)14(2)6-9(10,11)12/h3-4,13H,5-6H2,1-2H3. The summed E-state index contributed by atoms with van der Waals surface area (Å²) >= 11 is 0.959. The zero-order chi connectivity index (χ0) is 14.0. The lowest BCUT2D eigenvalue weighted by atomic mass is 10.5. The van der Waals surface area contributed by atoms with Crippen LogP contribution >= 0.6 is 11.3 Å². The summed E-state index contributed by atoms with van der Waals surface area (Å²) in [7, 11) is -1.45. The van der Waals surface area contributed by atoms with Crippen LogP contribution in [0.2, 0.25) is 0 Å². The molecule has 1 aromatic heterocycles. The number of hydrogen-bond donors (Lipinski definition) is 1. The summed E-state index contributed by atoms with van der Waals surface area (Å²) in [4.78, 5) is 0.747. The molecule has 0 aromatic carbocycles. The Bertz CT molecular complexity index is 496. The van der Waals surface area contributed by atoms with Crippen molar-refractivity contribution in [2.75, 3.05) is 20.6 Å². The molecule has 0 spiro atoms. The van der Waals surface area contributed by atoms with Crippen molar-refractivity contribution in [3.63, 3.8) is 0 Å². The largest absolute Gasteiger partial charge is 0.402 e. The lowest BCUT2D eigenvalue weighted by molar-refractivity contribution is -0.134. The van der Waals surface area contributed by atoms with Crippen LogP contribution in [-0.4, -0.2) is 39.5 Å². The van der Waals surface area contributed by atoms with Crippen molar-refractivity contribution in [2.24, 2.45) is 0 Å². The quantitative estimate of drug-likeness (QED) is 0.900. The number of sulfonamides is 1. The van der Waals surface area contributed by atoms with Crippen LogP contribution in [0.3, 0.4) is 0 Å². The van der Waals surface area contributed by atoms with E-state index in [1.807, 2.05) is 0 Å². The topological polar surface area (TPSA) is 49.4 Å². The van der Waals surface area contributed by atoms with E-state index in [9.17, 15) is 21.6 Å². The molecule has 18 heavy (non-hydrogen) atoms. The molecule has 0 fully saturated rings. The van der Waals surface area contributed by atoms with Gasteiger partial charge in [-0.15, -0.1) is 11.3 Å². The summed E-state index contributed by atoms with van der Waals surface area (Å²) in [5.74, 6) is 0. The van der Waals surface area contributed by atoms with Gasteiger partial charge in [-0.05, 0) is 19.2 Å². The molecule has 1 aromatic rings. The maximum Gasteiger partial charge on any atom is 0.402 e. The van der Waals surface area contributed by atoms with Crippen molar-refractivity contribution in [3.8, 4) is 0 Å². The van der Waals surface area contributed by atoms with E-state index in [0.29, 0.717) is 10.8 Å². The van der Waals surface area contributed by atoms with Crippen LogP contribution in [0.5, 0.6) is 0 Å². The van der Waals surface area contributed by atoms with Gasteiger partial charge in [-0.2, -0.15) is 17.5 Å². The molecule has 0 aliphatic carbocycles. The fraction of sp³-hybridized carbons (Fsp3) is 0.556. The second-order valence-corrected chi connectivity index (χ2v) is 7.07. The van der Waals surface area contributed by atoms with Gasteiger partial charge in [0, 0.05) is 18.5 Å². The van der Waals surface area contributed by atoms with Gasteiger partial charge in [0.1, 0.15) is 10.8 Å². The highest BCUT2D eigenvalue weighted by Crippen LogP contribution is 2.26.